The maximum Gasteiger partial charge on any atom is 0.112 e. The van der Waals surface area contributed by atoms with E-state index in [1.807, 2.05) is 19.1 Å². The summed E-state index contributed by atoms with van der Waals surface area (Å²) >= 11 is 3.40. The number of nitrogens with two attached hydrogens (primary N) is 1. The van der Waals surface area contributed by atoms with Crippen LogP contribution in [0, 0.1) is 0 Å². The minimum absolute atomic E-state index is 0.183. The van der Waals surface area contributed by atoms with Crippen LogP contribution in [-0.4, -0.2) is 22.1 Å². The van der Waals surface area contributed by atoms with Gasteiger partial charge in [-0.05, 0) is 48.3 Å². The van der Waals surface area contributed by atoms with E-state index in [0.29, 0.717) is 6.04 Å². The van der Waals surface area contributed by atoms with Crippen LogP contribution in [0.4, 0.5) is 5.69 Å². The predicted molar refractivity (Wildman–Crippen MR) is 78.6 cm³/mol. The van der Waals surface area contributed by atoms with Crippen molar-refractivity contribution in [2.75, 3.05) is 5.32 Å². The van der Waals surface area contributed by atoms with Gasteiger partial charge in [-0.15, -0.1) is 0 Å². The summed E-state index contributed by atoms with van der Waals surface area (Å²) < 4.78 is 0.934. The number of pyridine rings is 2. The van der Waals surface area contributed by atoms with Gasteiger partial charge in [0.05, 0.1) is 11.2 Å². The minimum Gasteiger partial charge on any atom is -0.381 e. The molecule has 3 N–H and O–H groups in total. The van der Waals surface area contributed by atoms with Crippen LogP contribution < -0.4 is 11.1 Å². The average Bonchev–Trinajstić information content (AvgIpc) is 2.27. The first-order valence-corrected chi connectivity index (χ1v) is 6.78. The van der Waals surface area contributed by atoms with Gasteiger partial charge in [0, 0.05) is 29.0 Å². The quantitative estimate of drug-likeness (QED) is 0.911. The Kier molecular flexibility index (Phi) is 4.14. The van der Waals surface area contributed by atoms with E-state index >= 15 is 0 Å². The fourth-order valence-corrected chi connectivity index (χ4v) is 2.32. The van der Waals surface area contributed by atoms with Crippen LogP contribution in [0.1, 0.15) is 20.3 Å². The van der Waals surface area contributed by atoms with E-state index in [2.05, 4.69) is 38.1 Å². The highest BCUT2D eigenvalue weighted by molar-refractivity contribution is 9.10. The molecule has 0 aliphatic rings. The molecule has 0 radical (unpaired) electrons. The number of anilines is 1. The topological polar surface area (TPSA) is 63.8 Å². The van der Waals surface area contributed by atoms with Crippen LogP contribution in [0.15, 0.2) is 29.0 Å². The maximum absolute atomic E-state index is 5.81. The van der Waals surface area contributed by atoms with Crippen molar-refractivity contribution < 1.29 is 0 Å². The summed E-state index contributed by atoms with van der Waals surface area (Å²) in [6.07, 6.45) is 4.49. The second-order valence-electron chi connectivity index (χ2n) is 4.64. The first-order chi connectivity index (χ1) is 8.56. The van der Waals surface area contributed by atoms with Gasteiger partial charge in [-0.1, -0.05) is 0 Å². The van der Waals surface area contributed by atoms with Gasteiger partial charge in [-0.25, -0.2) is 0 Å². The van der Waals surface area contributed by atoms with Crippen LogP contribution in [0.2, 0.25) is 0 Å². The van der Waals surface area contributed by atoms with Gasteiger partial charge >= 0.3 is 0 Å². The van der Waals surface area contributed by atoms with Gasteiger partial charge in [0.1, 0.15) is 5.52 Å². The molecule has 0 aromatic carbocycles. The van der Waals surface area contributed by atoms with Gasteiger partial charge in [-0.2, -0.15) is 0 Å². The van der Waals surface area contributed by atoms with Crippen LogP contribution in [0.3, 0.4) is 0 Å². The van der Waals surface area contributed by atoms with E-state index in [4.69, 9.17) is 5.73 Å². The number of aromatic nitrogens is 2. The molecular formula is C13H17BrN4. The number of nitrogens with one attached hydrogen (secondary N) is 1. The Labute approximate surface area is 115 Å². The zero-order chi connectivity index (χ0) is 13.1. The molecule has 2 rings (SSSR count). The largest absolute Gasteiger partial charge is 0.381 e. The zero-order valence-electron chi connectivity index (χ0n) is 10.5. The van der Waals surface area contributed by atoms with E-state index in [1.54, 1.807) is 12.4 Å². The zero-order valence-corrected chi connectivity index (χ0v) is 12.1. The number of rotatable bonds is 4. The summed E-state index contributed by atoms with van der Waals surface area (Å²) in [4.78, 5) is 8.72. The van der Waals surface area contributed by atoms with Crippen molar-refractivity contribution in [2.24, 2.45) is 5.73 Å². The van der Waals surface area contributed by atoms with Crippen LogP contribution in [-0.2, 0) is 0 Å². The third-order valence-corrected chi connectivity index (χ3v) is 3.11. The summed E-state index contributed by atoms with van der Waals surface area (Å²) in [5.74, 6) is 0. The third kappa shape index (κ3) is 3.17. The van der Waals surface area contributed by atoms with Gasteiger partial charge in [0.15, 0.2) is 0 Å². The summed E-state index contributed by atoms with van der Waals surface area (Å²) in [5.41, 5.74) is 8.57. The van der Waals surface area contributed by atoms with E-state index < -0.39 is 0 Å². The molecule has 0 bridgehead atoms. The smallest absolute Gasteiger partial charge is 0.112 e. The molecule has 0 fully saturated rings. The number of halogens is 1. The van der Waals surface area contributed by atoms with E-state index in [9.17, 15) is 0 Å². The van der Waals surface area contributed by atoms with Crippen LogP contribution in [0.25, 0.3) is 11.0 Å². The molecule has 5 heteroatoms. The molecule has 2 atom stereocenters. The molecule has 2 heterocycles. The second-order valence-corrected chi connectivity index (χ2v) is 5.55. The lowest BCUT2D eigenvalue weighted by molar-refractivity contribution is 0.605. The Balaban J connectivity index is 2.28. The second kappa shape index (κ2) is 5.63. The van der Waals surface area contributed by atoms with Crippen molar-refractivity contribution in [1.82, 2.24) is 9.97 Å². The number of nitrogens with zero attached hydrogens (tertiary/aromatic N) is 2. The molecule has 18 heavy (non-hydrogen) atoms. The highest BCUT2D eigenvalue weighted by Crippen LogP contribution is 2.22. The van der Waals surface area contributed by atoms with Crippen molar-refractivity contribution in [3.05, 3.63) is 29.0 Å². The lowest BCUT2D eigenvalue weighted by Crippen LogP contribution is -2.26. The fraction of sp³-hybridized carbons (Fsp3) is 0.385. The molecule has 0 spiro atoms. The lowest BCUT2D eigenvalue weighted by atomic mass is 10.1. The van der Waals surface area contributed by atoms with E-state index in [-0.39, 0.29) is 6.04 Å². The SMILES string of the molecule is CC(N)CC(C)Nc1ccnc2cc(Br)cnc12. The molecular weight excluding hydrogens is 292 g/mol. The first kappa shape index (κ1) is 13.2. The Hall–Kier alpha value is -1.20. The molecule has 0 saturated heterocycles. The Bertz CT molecular complexity index is 542. The first-order valence-electron chi connectivity index (χ1n) is 5.98. The monoisotopic (exact) mass is 308 g/mol. The Morgan fingerprint density at radius 2 is 2.17 bits per heavy atom. The highest BCUT2D eigenvalue weighted by atomic mass is 79.9. The van der Waals surface area contributed by atoms with E-state index in [1.165, 1.54) is 0 Å². The van der Waals surface area contributed by atoms with Crippen molar-refractivity contribution in [2.45, 2.75) is 32.4 Å². The van der Waals surface area contributed by atoms with Gasteiger partial charge in [0.2, 0.25) is 0 Å². The van der Waals surface area contributed by atoms with Crippen molar-refractivity contribution in [1.29, 1.82) is 0 Å². The molecule has 96 valence electrons. The van der Waals surface area contributed by atoms with Gasteiger partial charge in [-0.3, -0.25) is 9.97 Å². The normalized spacial score (nSPS) is 14.4. The van der Waals surface area contributed by atoms with Crippen LogP contribution in [0.5, 0.6) is 0 Å². The minimum atomic E-state index is 0.183. The van der Waals surface area contributed by atoms with E-state index in [0.717, 1.165) is 27.6 Å². The fourth-order valence-electron chi connectivity index (χ4n) is 2.00. The van der Waals surface area contributed by atoms with Gasteiger partial charge < -0.3 is 11.1 Å². The molecule has 2 aromatic heterocycles. The summed E-state index contributed by atoms with van der Waals surface area (Å²) in [5, 5.41) is 3.44. The molecule has 0 amide bonds. The predicted octanol–water partition coefficient (Wildman–Crippen LogP) is 2.93. The average molecular weight is 309 g/mol. The van der Waals surface area contributed by atoms with Crippen molar-refractivity contribution >= 4 is 32.7 Å². The Morgan fingerprint density at radius 1 is 1.39 bits per heavy atom. The third-order valence-electron chi connectivity index (χ3n) is 2.67. The summed E-state index contributed by atoms with van der Waals surface area (Å²) in [6, 6.07) is 4.40. The number of fused-ring (bicyclic) bond motifs is 1. The van der Waals surface area contributed by atoms with Crippen molar-refractivity contribution in [3.63, 3.8) is 0 Å². The molecule has 2 aromatic rings. The lowest BCUT2D eigenvalue weighted by Gasteiger charge is -2.17. The van der Waals surface area contributed by atoms with Crippen molar-refractivity contribution in [3.8, 4) is 0 Å². The maximum atomic E-state index is 5.81. The highest BCUT2D eigenvalue weighted by Gasteiger charge is 2.09. The van der Waals surface area contributed by atoms with Crippen LogP contribution >= 0.6 is 15.9 Å². The molecule has 0 aliphatic heterocycles. The molecule has 0 aliphatic carbocycles. The molecule has 0 saturated carbocycles. The standard InChI is InChI=1S/C13H17BrN4/c1-8(15)5-9(2)18-11-3-4-16-12-6-10(14)7-17-13(11)12/h3-4,6-9H,5,15H2,1-2H3,(H,16,18). The summed E-state index contributed by atoms with van der Waals surface area (Å²) in [7, 11) is 0. The van der Waals surface area contributed by atoms with Gasteiger partial charge in [0.25, 0.3) is 0 Å². The molecule has 2 unspecified atom stereocenters. The Morgan fingerprint density at radius 3 is 2.89 bits per heavy atom. The number of hydrogen-bond donors (Lipinski definition) is 2. The molecule has 4 nitrogen and oxygen atoms in total. The summed E-state index contributed by atoms with van der Waals surface area (Å²) in [6.45, 7) is 4.13. The number of hydrogen-bond acceptors (Lipinski definition) is 4.